The minimum absolute atomic E-state index is 0. The van der Waals surface area contributed by atoms with E-state index in [0.717, 1.165) is 12.0 Å². The fourth-order valence-corrected chi connectivity index (χ4v) is 0.728. The average molecular weight is 172 g/mol. The van der Waals surface area contributed by atoms with Crippen LogP contribution in [0.15, 0.2) is 24.3 Å². The summed E-state index contributed by atoms with van der Waals surface area (Å²) in [4.78, 5) is 10.2. The van der Waals surface area contributed by atoms with Gasteiger partial charge in [-0.25, -0.2) is 0 Å². The molecule has 1 rings (SSSR count). The van der Waals surface area contributed by atoms with Crippen LogP contribution < -0.4 is 5.32 Å². The van der Waals surface area contributed by atoms with E-state index in [2.05, 4.69) is 5.32 Å². The molecule has 0 heterocycles. The van der Waals surface area contributed by atoms with Crippen LogP contribution in [0.4, 0.5) is 5.69 Å². The summed E-state index contributed by atoms with van der Waals surface area (Å²) in [7, 11) is 1.84. The number of halogens is 1. The lowest BCUT2D eigenvalue weighted by Gasteiger charge is -1.97. The molecule has 1 aromatic rings. The predicted molar refractivity (Wildman–Crippen MR) is 48.6 cm³/mol. The van der Waals surface area contributed by atoms with Crippen LogP contribution in [-0.2, 0) is 0 Å². The zero-order valence-electron chi connectivity index (χ0n) is 6.20. The second kappa shape index (κ2) is 4.74. The Morgan fingerprint density at radius 3 is 2.18 bits per heavy atom. The molecule has 0 bridgehead atoms. The molecule has 0 aliphatic heterocycles. The van der Waals surface area contributed by atoms with Crippen molar-refractivity contribution in [3.8, 4) is 0 Å². The maximum Gasteiger partial charge on any atom is 0.150 e. The first kappa shape index (κ1) is 9.98. The lowest BCUT2D eigenvalue weighted by molar-refractivity contribution is 0.112. The smallest absolute Gasteiger partial charge is 0.150 e. The second-order valence-electron chi connectivity index (χ2n) is 1.99. The number of anilines is 1. The predicted octanol–water partition coefficient (Wildman–Crippen LogP) is 1.96. The monoisotopic (exact) mass is 171 g/mol. The summed E-state index contributed by atoms with van der Waals surface area (Å²) in [6.07, 6.45) is 0.833. The largest absolute Gasteiger partial charge is 0.388 e. The standard InChI is InChI=1S/C8H9NO.ClH/c1-9-8-4-2-7(6-10)3-5-8;/h2-6,9H,1H3;1H. The van der Waals surface area contributed by atoms with Gasteiger partial charge >= 0.3 is 0 Å². The van der Waals surface area contributed by atoms with Gasteiger partial charge in [-0.3, -0.25) is 4.79 Å². The Bertz CT molecular complexity index is 220. The highest BCUT2D eigenvalue weighted by molar-refractivity contribution is 5.85. The first-order chi connectivity index (χ1) is 4.86. The van der Waals surface area contributed by atoms with Gasteiger partial charge in [0.15, 0.2) is 0 Å². The van der Waals surface area contributed by atoms with E-state index >= 15 is 0 Å². The molecule has 0 saturated carbocycles. The van der Waals surface area contributed by atoms with Gasteiger partial charge in [0.1, 0.15) is 6.29 Å². The normalized spacial score (nSPS) is 8.09. The SMILES string of the molecule is CNc1ccc(C=O)cc1.Cl. The van der Waals surface area contributed by atoms with Crippen LogP contribution in [0, 0.1) is 0 Å². The molecule has 0 saturated heterocycles. The van der Waals surface area contributed by atoms with E-state index in [1.54, 1.807) is 12.1 Å². The lowest BCUT2D eigenvalue weighted by Crippen LogP contribution is -1.87. The Morgan fingerprint density at radius 2 is 1.82 bits per heavy atom. The summed E-state index contributed by atoms with van der Waals surface area (Å²) in [5.74, 6) is 0. The Morgan fingerprint density at radius 1 is 1.27 bits per heavy atom. The molecule has 60 valence electrons. The molecule has 0 spiro atoms. The highest BCUT2D eigenvalue weighted by atomic mass is 35.5. The fraction of sp³-hybridized carbons (Fsp3) is 0.125. The molecule has 2 nitrogen and oxygen atoms in total. The molecule has 3 heteroatoms. The van der Waals surface area contributed by atoms with E-state index in [1.807, 2.05) is 19.2 Å². The Labute approximate surface area is 72.0 Å². The number of carbonyl (C=O) groups excluding carboxylic acids is 1. The third-order valence-electron chi connectivity index (χ3n) is 1.34. The first-order valence-corrected chi connectivity index (χ1v) is 3.10. The van der Waals surface area contributed by atoms with Gasteiger partial charge in [0.25, 0.3) is 0 Å². The summed E-state index contributed by atoms with van der Waals surface area (Å²) >= 11 is 0. The molecule has 1 N–H and O–H groups in total. The zero-order valence-corrected chi connectivity index (χ0v) is 7.02. The lowest BCUT2D eigenvalue weighted by atomic mass is 10.2. The van der Waals surface area contributed by atoms with Crippen molar-refractivity contribution in [3.63, 3.8) is 0 Å². The Kier molecular flexibility index (Phi) is 4.30. The molecular weight excluding hydrogens is 162 g/mol. The van der Waals surface area contributed by atoms with Crippen molar-refractivity contribution in [2.75, 3.05) is 12.4 Å². The van der Waals surface area contributed by atoms with Gasteiger partial charge in [0, 0.05) is 18.3 Å². The highest BCUT2D eigenvalue weighted by Crippen LogP contribution is 2.05. The maximum atomic E-state index is 10.2. The molecule has 0 radical (unpaired) electrons. The van der Waals surface area contributed by atoms with Crippen LogP contribution in [0.2, 0.25) is 0 Å². The molecule has 0 aliphatic carbocycles. The summed E-state index contributed by atoms with van der Waals surface area (Å²) in [6.45, 7) is 0. The Balaban J connectivity index is 0.000001000. The van der Waals surface area contributed by atoms with E-state index in [0.29, 0.717) is 5.56 Å². The number of benzene rings is 1. The zero-order chi connectivity index (χ0) is 7.40. The molecule has 0 amide bonds. The minimum Gasteiger partial charge on any atom is -0.388 e. The van der Waals surface area contributed by atoms with Crippen LogP contribution in [0.1, 0.15) is 10.4 Å². The summed E-state index contributed by atoms with van der Waals surface area (Å²) in [5.41, 5.74) is 1.73. The molecule has 0 atom stereocenters. The van der Waals surface area contributed by atoms with Crippen molar-refractivity contribution in [1.82, 2.24) is 0 Å². The van der Waals surface area contributed by atoms with Crippen LogP contribution in [0.25, 0.3) is 0 Å². The average Bonchev–Trinajstić information content (AvgIpc) is 2.05. The van der Waals surface area contributed by atoms with E-state index in [1.165, 1.54) is 0 Å². The number of hydrogen-bond donors (Lipinski definition) is 1. The Hall–Kier alpha value is -1.02. The van der Waals surface area contributed by atoms with Crippen molar-refractivity contribution in [3.05, 3.63) is 29.8 Å². The van der Waals surface area contributed by atoms with Gasteiger partial charge in [-0.15, -0.1) is 12.4 Å². The first-order valence-electron chi connectivity index (χ1n) is 3.10. The number of rotatable bonds is 2. The molecule has 0 unspecified atom stereocenters. The quantitative estimate of drug-likeness (QED) is 0.690. The van der Waals surface area contributed by atoms with Crippen LogP contribution in [-0.4, -0.2) is 13.3 Å². The topological polar surface area (TPSA) is 29.1 Å². The summed E-state index contributed by atoms with van der Waals surface area (Å²) in [5, 5.41) is 2.96. The third-order valence-corrected chi connectivity index (χ3v) is 1.34. The van der Waals surface area contributed by atoms with Gasteiger partial charge in [-0.2, -0.15) is 0 Å². The van der Waals surface area contributed by atoms with Crippen molar-refractivity contribution in [2.24, 2.45) is 0 Å². The second-order valence-corrected chi connectivity index (χ2v) is 1.99. The number of hydrogen-bond acceptors (Lipinski definition) is 2. The molecule has 0 fully saturated rings. The maximum absolute atomic E-state index is 10.2. The molecule has 1 aromatic carbocycles. The number of carbonyl (C=O) groups is 1. The van der Waals surface area contributed by atoms with Gasteiger partial charge in [0.2, 0.25) is 0 Å². The molecule has 11 heavy (non-hydrogen) atoms. The molecule has 0 aliphatic rings. The van der Waals surface area contributed by atoms with Crippen LogP contribution in [0.5, 0.6) is 0 Å². The third kappa shape index (κ3) is 2.60. The molecule has 0 aromatic heterocycles. The van der Waals surface area contributed by atoms with Crippen molar-refractivity contribution in [1.29, 1.82) is 0 Å². The minimum atomic E-state index is 0. The summed E-state index contributed by atoms with van der Waals surface area (Å²) in [6, 6.07) is 7.28. The molecular formula is C8H10ClNO. The van der Waals surface area contributed by atoms with Gasteiger partial charge < -0.3 is 5.32 Å². The van der Waals surface area contributed by atoms with Gasteiger partial charge in [-0.1, -0.05) is 0 Å². The summed E-state index contributed by atoms with van der Waals surface area (Å²) < 4.78 is 0. The number of aldehydes is 1. The van der Waals surface area contributed by atoms with Gasteiger partial charge in [-0.05, 0) is 24.3 Å². The van der Waals surface area contributed by atoms with Gasteiger partial charge in [0.05, 0.1) is 0 Å². The van der Waals surface area contributed by atoms with E-state index in [9.17, 15) is 4.79 Å². The van der Waals surface area contributed by atoms with E-state index in [-0.39, 0.29) is 12.4 Å². The fourth-order valence-electron chi connectivity index (χ4n) is 0.728. The highest BCUT2D eigenvalue weighted by Gasteiger charge is 1.87. The number of nitrogens with one attached hydrogen (secondary N) is 1. The van der Waals surface area contributed by atoms with Crippen LogP contribution >= 0.6 is 12.4 Å². The van der Waals surface area contributed by atoms with Crippen LogP contribution in [0.3, 0.4) is 0 Å². The van der Waals surface area contributed by atoms with E-state index < -0.39 is 0 Å². The van der Waals surface area contributed by atoms with E-state index in [4.69, 9.17) is 0 Å². The van der Waals surface area contributed by atoms with Crippen molar-refractivity contribution >= 4 is 24.4 Å². The van der Waals surface area contributed by atoms with Crippen molar-refractivity contribution in [2.45, 2.75) is 0 Å². The van der Waals surface area contributed by atoms with Crippen molar-refractivity contribution < 1.29 is 4.79 Å².